The number of ether oxygens (including phenoxy) is 2. The van der Waals surface area contributed by atoms with Crippen molar-refractivity contribution in [2.75, 3.05) is 19.8 Å². The van der Waals surface area contributed by atoms with E-state index in [-0.39, 0.29) is 24.3 Å². The van der Waals surface area contributed by atoms with E-state index in [1.165, 1.54) is 0 Å². The van der Waals surface area contributed by atoms with Crippen LogP contribution in [0.3, 0.4) is 0 Å². The van der Waals surface area contributed by atoms with Gasteiger partial charge in [0.15, 0.2) is 5.75 Å². The van der Waals surface area contributed by atoms with Crippen LogP contribution in [0.4, 0.5) is 4.79 Å². The van der Waals surface area contributed by atoms with Gasteiger partial charge in [0.05, 0.1) is 28.1 Å². The summed E-state index contributed by atoms with van der Waals surface area (Å²) in [7, 11) is 0. The van der Waals surface area contributed by atoms with Gasteiger partial charge in [0, 0.05) is 0 Å². The van der Waals surface area contributed by atoms with Crippen molar-refractivity contribution in [3.8, 4) is 11.5 Å². The van der Waals surface area contributed by atoms with Crippen molar-refractivity contribution in [3.63, 3.8) is 0 Å². The van der Waals surface area contributed by atoms with Gasteiger partial charge < -0.3 is 9.47 Å². The Labute approximate surface area is 177 Å². The number of para-hydroxylation sites is 1. The third-order valence-electron chi connectivity index (χ3n) is 3.81. The highest BCUT2D eigenvalue weighted by Crippen LogP contribution is 2.37. The zero-order chi connectivity index (χ0) is 20.1. The van der Waals surface area contributed by atoms with Crippen molar-refractivity contribution in [2.45, 2.75) is 6.92 Å². The lowest BCUT2D eigenvalue weighted by molar-refractivity contribution is -0.123. The first-order valence-corrected chi connectivity index (χ1v) is 10.1. The zero-order valence-electron chi connectivity index (χ0n) is 15.0. The molecular weight excluding hydrogens is 421 g/mol. The van der Waals surface area contributed by atoms with Crippen molar-refractivity contribution in [3.05, 3.63) is 63.0 Å². The van der Waals surface area contributed by atoms with Gasteiger partial charge in [-0.15, -0.1) is 0 Å². The molecule has 1 aliphatic rings. The van der Waals surface area contributed by atoms with Crippen LogP contribution in [0.5, 0.6) is 11.5 Å². The molecular formula is C20H17Cl2NO4S. The average molecular weight is 438 g/mol. The SMILES string of the molecule is CCOc1c(Cl)cc(/C=C2\SC(=O)N(CCOc3ccccc3)C2=O)cc1Cl. The van der Waals surface area contributed by atoms with E-state index < -0.39 is 0 Å². The van der Waals surface area contributed by atoms with Gasteiger partial charge in [-0.2, -0.15) is 0 Å². The number of hydrogen-bond acceptors (Lipinski definition) is 5. The van der Waals surface area contributed by atoms with Crippen molar-refractivity contribution in [2.24, 2.45) is 0 Å². The number of carbonyl (C=O) groups excluding carboxylic acids is 2. The number of nitrogens with zero attached hydrogens (tertiary/aromatic N) is 1. The normalized spacial score (nSPS) is 15.4. The van der Waals surface area contributed by atoms with Crippen LogP contribution in [-0.2, 0) is 4.79 Å². The molecule has 0 saturated carbocycles. The number of benzene rings is 2. The maximum Gasteiger partial charge on any atom is 0.293 e. The van der Waals surface area contributed by atoms with Gasteiger partial charge in [-0.3, -0.25) is 14.5 Å². The Hall–Kier alpha value is -2.15. The third kappa shape index (κ3) is 4.82. The fraction of sp³-hybridized carbons (Fsp3) is 0.200. The lowest BCUT2D eigenvalue weighted by Gasteiger charge is -2.13. The lowest BCUT2D eigenvalue weighted by atomic mass is 10.2. The van der Waals surface area contributed by atoms with Crippen LogP contribution in [0, 0.1) is 0 Å². The van der Waals surface area contributed by atoms with E-state index in [4.69, 9.17) is 32.7 Å². The number of amides is 2. The molecule has 0 bridgehead atoms. The van der Waals surface area contributed by atoms with Gasteiger partial charge in [-0.05, 0) is 54.6 Å². The highest BCUT2D eigenvalue weighted by Gasteiger charge is 2.34. The lowest BCUT2D eigenvalue weighted by Crippen LogP contribution is -2.32. The van der Waals surface area contributed by atoms with Crippen molar-refractivity contribution >= 4 is 52.2 Å². The van der Waals surface area contributed by atoms with Crippen LogP contribution in [0.2, 0.25) is 10.0 Å². The maximum absolute atomic E-state index is 12.6. The summed E-state index contributed by atoms with van der Waals surface area (Å²) < 4.78 is 11.0. The first kappa shape index (κ1) is 20.6. The monoisotopic (exact) mass is 437 g/mol. The molecule has 1 fully saturated rings. The zero-order valence-corrected chi connectivity index (χ0v) is 17.3. The van der Waals surface area contributed by atoms with Crippen LogP contribution in [0.25, 0.3) is 6.08 Å². The van der Waals surface area contributed by atoms with E-state index in [1.807, 2.05) is 37.3 Å². The van der Waals surface area contributed by atoms with E-state index in [2.05, 4.69) is 0 Å². The number of thioether (sulfide) groups is 1. The second-order valence-corrected chi connectivity index (χ2v) is 7.55. The molecule has 146 valence electrons. The molecule has 28 heavy (non-hydrogen) atoms. The number of rotatable bonds is 7. The van der Waals surface area contributed by atoms with Crippen LogP contribution >= 0.6 is 35.0 Å². The minimum Gasteiger partial charge on any atom is -0.492 e. The number of hydrogen-bond donors (Lipinski definition) is 0. The van der Waals surface area contributed by atoms with Crippen molar-refractivity contribution in [1.29, 1.82) is 0 Å². The fourth-order valence-electron chi connectivity index (χ4n) is 2.56. The minimum atomic E-state index is -0.368. The average Bonchev–Trinajstić information content (AvgIpc) is 2.93. The van der Waals surface area contributed by atoms with Gasteiger partial charge in [0.25, 0.3) is 11.1 Å². The van der Waals surface area contributed by atoms with E-state index in [9.17, 15) is 9.59 Å². The summed E-state index contributed by atoms with van der Waals surface area (Å²) >= 11 is 13.3. The quantitative estimate of drug-likeness (QED) is 0.534. The largest absolute Gasteiger partial charge is 0.492 e. The Balaban J connectivity index is 1.69. The Morgan fingerprint density at radius 3 is 2.39 bits per heavy atom. The molecule has 0 N–H and O–H groups in total. The van der Waals surface area contributed by atoms with E-state index in [0.717, 1.165) is 16.7 Å². The molecule has 0 aliphatic carbocycles. The Kier molecular flexibility index (Phi) is 6.88. The smallest absolute Gasteiger partial charge is 0.293 e. The molecule has 2 amide bonds. The molecule has 2 aromatic rings. The molecule has 0 unspecified atom stereocenters. The van der Waals surface area contributed by atoms with Gasteiger partial charge >= 0.3 is 0 Å². The van der Waals surface area contributed by atoms with E-state index >= 15 is 0 Å². The van der Waals surface area contributed by atoms with Gasteiger partial charge in [-0.1, -0.05) is 41.4 Å². The predicted octanol–water partition coefficient (Wildman–Crippen LogP) is 5.51. The first-order valence-electron chi connectivity index (χ1n) is 8.54. The number of halogens is 2. The summed E-state index contributed by atoms with van der Waals surface area (Å²) in [4.78, 5) is 26.2. The van der Waals surface area contributed by atoms with Gasteiger partial charge in [0.1, 0.15) is 12.4 Å². The summed E-state index contributed by atoms with van der Waals surface area (Å²) in [6.07, 6.45) is 1.59. The second kappa shape index (κ2) is 9.37. The summed E-state index contributed by atoms with van der Waals surface area (Å²) in [6.45, 7) is 2.65. The Bertz CT molecular complexity index is 895. The molecule has 5 nitrogen and oxygen atoms in total. The van der Waals surface area contributed by atoms with Crippen LogP contribution < -0.4 is 9.47 Å². The number of carbonyl (C=O) groups is 2. The highest BCUT2D eigenvalue weighted by molar-refractivity contribution is 8.18. The van der Waals surface area contributed by atoms with Crippen LogP contribution in [-0.4, -0.2) is 35.8 Å². The molecule has 0 aromatic heterocycles. The van der Waals surface area contributed by atoms with Crippen LogP contribution in [0.1, 0.15) is 12.5 Å². The minimum absolute atomic E-state index is 0.168. The summed E-state index contributed by atoms with van der Waals surface area (Å²) in [5.41, 5.74) is 0.615. The molecule has 1 saturated heterocycles. The summed E-state index contributed by atoms with van der Waals surface area (Å²) in [6, 6.07) is 12.5. The molecule has 0 atom stereocenters. The molecule has 2 aromatic carbocycles. The fourth-order valence-corrected chi connectivity index (χ4v) is 4.04. The maximum atomic E-state index is 12.6. The molecule has 3 rings (SSSR count). The number of imide groups is 1. The standard InChI is InChI=1S/C20H17Cl2NO4S/c1-2-26-18-15(21)10-13(11-16(18)22)12-17-19(24)23(20(25)28-17)8-9-27-14-6-4-3-5-7-14/h3-7,10-12H,2,8-9H2,1H3/b17-12-. The molecule has 1 heterocycles. The molecule has 1 aliphatic heterocycles. The van der Waals surface area contributed by atoms with Gasteiger partial charge in [-0.25, -0.2) is 0 Å². The summed E-state index contributed by atoms with van der Waals surface area (Å²) in [5.74, 6) is 0.714. The second-order valence-electron chi connectivity index (χ2n) is 5.74. The Morgan fingerprint density at radius 1 is 1.07 bits per heavy atom. The van der Waals surface area contributed by atoms with E-state index in [1.54, 1.807) is 18.2 Å². The van der Waals surface area contributed by atoms with Gasteiger partial charge in [0.2, 0.25) is 0 Å². The predicted molar refractivity (Wildman–Crippen MR) is 112 cm³/mol. The van der Waals surface area contributed by atoms with Crippen molar-refractivity contribution < 1.29 is 19.1 Å². The first-order chi connectivity index (χ1) is 13.5. The molecule has 0 radical (unpaired) electrons. The van der Waals surface area contributed by atoms with Crippen molar-refractivity contribution in [1.82, 2.24) is 4.90 Å². The molecule has 0 spiro atoms. The van der Waals surface area contributed by atoms with E-state index in [0.29, 0.717) is 38.6 Å². The summed E-state index contributed by atoms with van der Waals surface area (Å²) in [5, 5.41) is 0.350. The third-order valence-corrected chi connectivity index (χ3v) is 5.28. The highest BCUT2D eigenvalue weighted by atomic mass is 35.5. The topological polar surface area (TPSA) is 55.8 Å². The van der Waals surface area contributed by atoms with Crippen LogP contribution in [0.15, 0.2) is 47.4 Å². The molecule has 8 heteroatoms. The Morgan fingerprint density at radius 2 is 1.75 bits per heavy atom.